The minimum Gasteiger partial charge on any atom is -0.384 e. The minimum atomic E-state index is -3.05. The molecule has 4 nitrogen and oxygen atoms in total. The summed E-state index contributed by atoms with van der Waals surface area (Å²) in [5.74, 6) is 0. The van der Waals surface area contributed by atoms with Gasteiger partial charge < -0.3 is 4.74 Å². The molecule has 12 heavy (non-hydrogen) atoms. The van der Waals surface area contributed by atoms with E-state index in [1.807, 2.05) is 0 Å². The van der Waals surface area contributed by atoms with Crippen LogP contribution in [0.3, 0.4) is 0 Å². The van der Waals surface area contributed by atoms with Gasteiger partial charge in [0.05, 0.1) is 12.9 Å². The molecule has 0 aromatic rings. The Balaban J connectivity index is 3.44. The number of ether oxygens (including phenoxy) is 1. The van der Waals surface area contributed by atoms with E-state index in [4.69, 9.17) is 4.74 Å². The zero-order valence-corrected chi connectivity index (χ0v) is 9.61. The van der Waals surface area contributed by atoms with E-state index in [0.717, 1.165) is 12.7 Å². The molecular formula is C6H14BrNO3S. The molecular weight excluding hydrogens is 246 g/mol. The predicted molar refractivity (Wildman–Crippen MR) is 52.1 cm³/mol. The molecule has 6 heteroatoms. The molecule has 0 aromatic heterocycles. The monoisotopic (exact) mass is 259 g/mol. The van der Waals surface area contributed by atoms with Crippen molar-refractivity contribution < 1.29 is 13.2 Å². The highest BCUT2D eigenvalue weighted by atomic mass is 79.9. The third kappa shape index (κ3) is 8.45. The normalized spacial score (nSPS) is 14.6. The summed E-state index contributed by atoms with van der Waals surface area (Å²) in [6.07, 6.45) is 1.87. The Labute approximate surface area is 81.9 Å². The van der Waals surface area contributed by atoms with E-state index in [-0.39, 0.29) is 4.83 Å². The quantitative estimate of drug-likeness (QED) is 0.700. The Bertz CT molecular complexity index is 205. The smallest absolute Gasteiger partial charge is 0.208 e. The van der Waals surface area contributed by atoms with Crippen LogP contribution in [0.1, 0.15) is 6.42 Å². The maximum atomic E-state index is 10.6. The number of hydrogen-bond donors (Lipinski definition) is 1. The molecule has 0 aliphatic rings. The second kappa shape index (κ2) is 5.90. The first-order valence-electron chi connectivity index (χ1n) is 3.53. The van der Waals surface area contributed by atoms with Gasteiger partial charge in [-0.15, -0.1) is 0 Å². The van der Waals surface area contributed by atoms with Crippen LogP contribution >= 0.6 is 15.9 Å². The summed E-state index contributed by atoms with van der Waals surface area (Å²) in [6, 6.07) is 0. The van der Waals surface area contributed by atoms with Crippen molar-refractivity contribution in [2.45, 2.75) is 11.2 Å². The number of sulfonamides is 1. The molecule has 0 aliphatic carbocycles. The third-order valence-electron chi connectivity index (χ3n) is 1.17. The highest BCUT2D eigenvalue weighted by molar-refractivity contribution is 9.09. The SMILES string of the molecule is COCC(Br)CCNS(C)(=O)=O. The van der Waals surface area contributed by atoms with Crippen LogP contribution in [0.25, 0.3) is 0 Å². The summed E-state index contributed by atoms with van der Waals surface area (Å²) in [4.78, 5) is 0.205. The van der Waals surface area contributed by atoms with Crippen molar-refractivity contribution in [1.29, 1.82) is 0 Å². The highest BCUT2D eigenvalue weighted by Gasteiger charge is 2.05. The Morgan fingerprint density at radius 3 is 2.58 bits per heavy atom. The summed E-state index contributed by atoms with van der Waals surface area (Å²) < 4.78 is 28.5. The lowest BCUT2D eigenvalue weighted by Gasteiger charge is -2.07. The van der Waals surface area contributed by atoms with Crippen molar-refractivity contribution >= 4 is 26.0 Å². The lowest BCUT2D eigenvalue weighted by molar-refractivity contribution is 0.199. The first-order chi connectivity index (χ1) is 5.45. The Hall–Kier alpha value is 0.350. The lowest BCUT2D eigenvalue weighted by Crippen LogP contribution is -2.25. The van der Waals surface area contributed by atoms with E-state index in [1.54, 1.807) is 7.11 Å². The number of alkyl halides is 1. The first kappa shape index (κ1) is 12.3. The Morgan fingerprint density at radius 2 is 2.17 bits per heavy atom. The molecule has 0 aromatic carbocycles. The van der Waals surface area contributed by atoms with Gasteiger partial charge in [-0.1, -0.05) is 15.9 Å². The molecule has 0 radical (unpaired) electrons. The molecule has 0 rings (SSSR count). The van der Waals surface area contributed by atoms with Gasteiger partial charge in [-0.25, -0.2) is 13.1 Å². The van der Waals surface area contributed by atoms with Gasteiger partial charge in [0, 0.05) is 18.5 Å². The van der Waals surface area contributed by atoms with Crippen LogP contribution in [0.15, 0.2) is 0 Å². The summed E-state index contributed by atoms with van der Waals surface area (Å²) in [5, 5.41) is 0. The number of methoxy groups -OCH3 is 1. The standard InChI is InChI=1S/C6H14BrNO3S/c1-11-5-6(7)3-4-8-12(2,9)10/h6,8H,3-5H2,1-2H3. The predicted octanol–water partition coefficient (Wildman–Crippen LogP) is 0.336. The lowest BCUT2D eigenvalue weighted by atomic mass is 10.3. The van der Waals surface area contributed by atoms with Gasteiger partial charge in [0.2, 0.25) is 10.0 Å². The number of hydrogen-bond acceptors (Lipinski definition) is 3. The third-order valence-corrected chi connectivity index (χ3v) is 2.62. The van der Waals surface area contributed by atoms with Crippen LogP contribution in [0.5, 0.6) is 0 Å². The molecule has 1 atom stereocenters. The number of rotatable bonds is 6. The van der Waals surface area contributed by atoms with E-state index in [0.29, 0.717) is 13.2 Å². The van der Waals surface area contributed by atoms with E-state index in [1.165, 1.54) is 0 Å². The van der Waals surface area contributed by atoms with Crippen molar-refractivity contribution in [2.75, 3.05) is 26.5 Å². The Kier molecular flexibility index (Phi) is 6.08. The molecule has 74 valence electrons. The molecule has 1 unspecified atom stereocenters. The van der Waals surface area contributed by atoms with Crippen molar-refractivity contribution in [1.82, 2.24) is 4.72 Å². The van der Waals surface area contributed by atoms with Gasteiger partial charge in [-0.05, 0) is 6.42 Å². The maximum Gasteiger partial charge on any atom is 0.208 e. The number of halogens is 1. The molecule has 0 saturated heterocycles. The zero-order valence-electron chi connectivity index (χ0n) is 7.21. The fourth-order valence-electron chi connectivity index (χ4n) is 0.665. The summed E-state index contributed by atoms with van der Waals surface area (Å²) >= 11 is 3.35. The summed E-state index contributed by atoms with van der Waals surface area (Å²) in [5.41, 5.74) is 0. The molecule has 0 heterocycles. The second-order valence-corrected chi connectivity index (χ2v) is 5.64. The van der Waals surface area contributed by atoms with Gasteiger partial charge in [0.25, 0.3) is 0 Å². The number of nitrogens with one attached hydrogen (secondary N) is 1. The van der Waals surface area contributed by atoms with Gasteiger partial charge >= 0.3 is 0 Å². The summed E-state index contributed by atoms with van der Waals surface area (Å²) in [6.45, 7) is 1.03. The average molecular weight is 260 g/mol. The molecule has 0 fully saturated rings. The van der Waals surface area contributed by atoms with Gasteiger partial charge in [0.15, 0.2) is 0 Å². The first-order valence-corrected chi connectivity index (χ1v) is 6.34. The van der Waals surface area contributed by atoms with Gasteiger partial charge in [-0.3, -0.25) is 0 Å². The van der Waals surface area contributed by atoms with Crippen molar-refractivity contribution in [3.05, 3.63) is 0 Å². The van der Waals surface area contributed by atoms with Crippen molar-refractivity contribution in [2.24, 2.45) is 0 Å². The van der Waals surface area contributed by atoms with E-state index in [9.17, 15) is 8.42 Å². The molecule has 0 bridgehead atoms. The maximum absolute atomic E-state index is 10.6. The van der Waals surface area contributed by atoms with Gasteiger partial charge in [0.1, 0.15) is 0 Å². The van der Waals surface area contributed by atoms with Crippen LogP contribution < -0.4 is 4.72 Å². The zero-order chi connectivity index (χ0) is 9.61. The molecule has 0 saturated carbocycles. The Morgan fingerprint density at radius 1 is 1.58 bits per heavy atom. The fraction of sp³-hybridized carbons (Fsp3) is 1.00. The fourth-order valence-corrected chi connectivity index (χ4v) is 1.65. The molecule has 0 spiro atoms. The molecule has 0 amide bonds. The van der Waals surface area contributed by atoms with Crippen LogP contribution in [-0.4, -0.2) is 39.8 Å². The molecule has 1 N–H and O–H groups in total. The van der Waals surface area contributed by atoms with E-state index < -0.39 is 10.0 Å². The van der Waals surface area contributed by atoms with Crippen molar-refractivity contribution in [3.8, 4) is 0 Å². The average Bonchev–Trinajstić information content (AvgIpc) is 1.84. The van der Waals surface area contributed by atoms with Crippen LogP contribution in [0.4, 0.5) is 0 Å². The van der Waals surface area contributed by atoms with Crippen LogP contribution in [-0.2, 0) is 14.8 Å². The largest absolute Gasteiger partial charge is 0.384 e. The molecule has 0 aliphatic heterocycles. The van der Waals surface area contributed by atoms with Crippen LogP contribution in [0.2, 0.25) is 0 Å². The van der Waals surface area contributed by atoms with Crippen molar-refractivity contribution in [3.63, 3.8) is 0 Å². The highest BCUT2D eigenvalue weighted by Crippen LogP contribution is 2.03. The van der Waals surface area contributed by atoms with Gasteiger partial charge in [-0.2, -0.15) is 0 Å². The summed E-state index contributed by atoms with van der Waals surface area (Å²) in [7, 11) is -1.44. The topological polar surface area (TPSA) is 55.4 Å². The minimum absolute atomic E-state index is 0.205. The van der Waals surface area contributed by atoms with E-state index in [2.05, 4.69) is 20.7 Å². The second-order valence-electron chi connectivity index (χ2n) is 2.51. The van der Waals surface area contributed by atoms with E-state index >= 15 is 0 Å². The van der Waals surface area contributed by atoms with Crippen LogP contribution in [0, 0.1) is 0 Å².